The summed E-state index contributed by atoms with van der Waals surface area (Å²) in [5.41, 5.74) is 1.93. The molecule has 3 rings (SSSR count). The van der Waals surface area contributed by atoms with Crippen LogP contribution in [-0.4, -0.2) is 40.4 Å². The fourth-order valence-electron chi connectivity index (χ4n) is 2.74. The molecule has 1 fully saturated rings. The minimum Gasteiger partial charge on any atom is -0.352 e. The van der Waals surface area contributed by atoms with Gasteiger partial charge in [-0.25, -0.2) is 9.97 Å². The molecule has 3 heterocycles. The number of nitrogens with zero attached hydrogens (tertiary/aromatic N) is 3. The molecule has 0 aromatic carbocycles. The quantitative estimate of drug-likeness (QED) is 0.918. The third kappa shape index (κ3) is 4.11. The van der Waals surface area contributed by atoms with E-state index in [2.05, 4.69) is 37.0 Å². The average Bonchev–Trinajstić information content (AvgIpc) is 3.08. The molecule has 1 amide bonds. The van der Waals surface area contributed by atoms with E-state index in [-0.39, 0.29) is 5.91 Å². The molecule has 0 saturated carbocycles. The number of piperidine rings is 1. The summed E-state index contributed by atoms with van der Waals surface area (Å²) in [5.74, 6) is 0.480. The van der Waals surface area contributed by atoms with Crippen molar-refractivity contribution in [3.05, 3.63) is 46.7 Å². The molecule has 0 bridgehead atoms. The third-order valence-electron chi connectivity index (χ3n) is 4.07. The Bertz CT molecular complexity index is 579. The van der Waals surface area contributed by atoms with Gasteiger partial charge in [0.2, 0.25) is 0 Å². The highest BCUT2D eigenvalue weighted by Gasteiger charge is 2.20. The minimum absolute atomic E-state index is 0.0821. The van der Waals surface area contributed by atoms with E-state index in [1.807, 2.05) is 0 Å². The van der Waals surface area contributed by atoms with Crippen molar-refractivity contribution >= 4 is 17.2 Å². The molecule has 0 radical (unpaired) electrons. The molecule has 2 aromatic heterocycles. The van der Waals surface area contributed by atoms with Gasteiger partial charge in [0.15, 0.2) is 0 Å². The van der Waals surface area contributed by atoms with E-state index in [1.165, 1.54) is 11.9 Å². The van der Waals surface area contributed by atoms with Gasteiger partial charge in [-0.15, -0.1) is 0 Å². The lowest BCUT2D eigenvalue weighted by molar-refractivity contribution is 0.0934. The molecule has 1 aliphatic heterocycles. The number of aromatic nitrogens is 2. The predicted octanol–water partition coefficient (Wildman–Crippen LogP) is 2.18. The van der Waals surface area contributed by atoms with Crippen molar-refractivity contribution in [1.82, 2.24) is 20.2 Å². The first kappa shape index (κ1) is 15.1. The first-order chi connectivity index (χ1) is 10.8. The molecule has 2 aromatic rings. The number of likely N-dealkylation sites (tertiary alicyclic amines) is 1. The number of carbonyl (C=O) groups excluding carboxylic acids is 1. The Labute approximate surface area is 134 Å². The molecule has 0 unspecified atom stereocenters. The standard InChI is InChI=1S/C16H20N4OS/c21-16(15-8-17-12-18-9-15)19-7-13-1-4-20(5-2-13)10-14-3-6-22-11-14/h3,6,8-9,11-13H,1-2,4-5,7,10H2,(H,19,21). The Morgan fingerprint density at radius 2 is 2.09 bits per heavy atom. The van der Waals surface area contributed by atoms with E-state index in [4.69, 9.17) is 0 Å². The molecule has 22 heavy (non-hydrogen) atoms. The van der Waals surface area contributed by atoms with Gasteiger partial charge in [0.25, 0.3) is 5.91 Å². The van der Waals surface area contributed by atoms with E-state index in [1.54, 1.807) is 23.7 Å². The van der Waals surface area contributed by atoms with Gasteiger partial charge in [-0.05, 0) is 54.2 Å². The van der Waals surface area contributed by atoms with E-state index in [9.17, 15) is 4.79 Å². The van der Waals surface area contributed by atoms with Crippen LogP contribution in [0.25, 0.3) is 0 Å². The smallest absolute Gasteiger partial charge is 0.254 e. The lowest BCUT2D eigenvalue weighted by Gasteiger charge is -2.31. The zero-order valence-electron chi connectivity index (χ0n) is 12.4. The number of nitrogens with one attached hydrogen (secondary N) is 1. The molecule has 5 nitrogen and oxygen atoms in total. The fourth-order valence-corrected chi connectivity index (χ4v) is 3.40. The van der Waals surface area contributed by atoms with Crippen LogP contribution in [0.2, 0.25) is 0 Å². The lowest BCUT2D eigenvalue weighted by atomic mass is 9.96. The second-order valence-corrected chi connectivity index (χ2v) is 6.47. The molecule has 1 aliphatic rings. The highest BCUT2D eigenvalue weighted by molar-refractivity contribution is 7.07. The van der Waals surface area contributed by atoms with Crippen molar-refractivity contribution in [2.75, 3.05) is 19.6 Å². The van der Waals surface area contributed by atoms with Gasteiger partial charge in [0.05, 0.1) is 5.56 Å². The van der Waals surface area contributed by atoms with Crippen molar-refractivity contribution in [1.29, 1.82) is 0 Å². The molecule has 0 spiro atoms. The van der Waals surface area contributed by atoms with Gasteiger partial charge in [-0.1, -0.05) is 0 Å². The predicted molar refractivity (Wildman–Crippen MR) is 86.7 cm³/mol. The second-order valence-electron chi connectivity index (χ2n) is 5.69. The molecule has 116 valence electrons. The largest absolute Gasteiger partial charge is 0.352 e. The van der Waals surface area contributed by atoms with Crippen LogP contribution in [0.5, 0.6) is 0 Å². The van der Waals surface area contributed by atoms with E-state index in [0.717, 1.165) is 39.0 Å². The van der Waals surface area contributed by atoms with Crippen molar-refractivity contribution < 1.29 is 4.79 Å². The number of hydrogen-bond donors (Lipinski definition) is 1. The zero-order chi connectivity index (χ0) is 15.2. The highest BCUT2D eigenvalue weighted by atomic mass is 32.1. The van der Waals surface area contributed by atoms with Gasteiger partial charge in [0.1, 0.15) is 6.33 Å². The van der Waals surface area contributed by atoms with Gasteiger partial charge in [-0.2, -0.15) is 11.3 Å². The monoisotopic (exact) mass is 316 g/mol. The van der Waals surface area contributed by atoms with Crippen LogP contribution in [0.3, 0.4) is 0 Å². The van der Waals surface area contributed by atoms with Gasteiger partial charge >= 0.3 is 0 Å². The summed E-state index contributed by atoms with van der Waals surface area (Å²) >= 11 is 1.75. The summed E-state index contributed by atoms with van der Waals surface area (Å²) in [6.45, 7) is 3.99. The zero-order valence-corrected chi connectivity index (χ0v) is 13.3. The molecular formula is C16H20N4OS. The van der Waals surface area contributed by atoms with Crippen molar-refractivity contribution in [3.63, 3.8) is 0 Å². The minimum atomic E-state index is -0.0821. The van der Waals surface area contributed by atoms with Crippen LogP contribution >= 0.6 is 11.3 Å². The Balaban J connectivity index is 1.40. The van der Waals surface area contributed by atoms with Gasteiger partial charge in [-0.3, -0.25) is 9.69 Å². The number of amides is 1. The fraction of sp³-hybridized carbons (Fsp3) is 0.438. The van der Waals surface area contributed by atoms with Crippen molar-refractivity contribution in [2.45, 2.75) is 19.4 Å². The summed E-state index contributed by atoms with van der Waals surface area (Å²) in [6, 6.07) is 2.19. The Morgan fingerprint density at radius 3 is 2.77 bits per heavy atom. The number of thiophene rings is 1. The molecule has 1 saturated heterocycles. The van der Waals surface area contributed by atoms with Crippen LogP contribution in [0.4, 0.5) is 0 Å². The summed E-state index contributed by atoms with van der Waals surface area (Å²) in [4.78, 5) is 22.2. The van der Waals surface area contributed by atoms with E-state index >= 15 is 0 Å². The van der Waals surface area contributed by atoms with E-state index < -0.39 is 0 Å². The van der Waals surface area contributed by atoms with Crippen LogP contribution in [0.15, 0.2) is 35.5 Å². The highest BCUT2D eigenvalue weighted by Crippen LogP contribution is 2.19. The first-order valence-electron chi connectivity index (χ1n) is 7.58. The molecule has 6 heteroatoms. The Hall–Kier alpha value is -1.79. The molecule has 1 N–H and O–H groups in total. The summed E-state index contributed by atoms with van der Waals surface area (Å²) < 4.78 is 0. The van der Waals surface area contributed by atoms with Crippen LogP contribution in [-0.2, 0) is 6.54 Å². The average molecular weight is 316 g/mol. The topological polar surface area (TPSA) is 58.1 Å². The van der Waals surface area contributed by atoms with Gasteiger partial charge in [0, 0.05) is 25.5 Å². The maximum Gasteiger partial charge on any atom is 0.254 e. The normalized spacial score (nSPS) is 16.5. The summed E-state index contributed by atoms with van der Waals surface area (Å²) in [5, 5.41) is 7.34. The summed E-state index contributed by atoms with van der Waals surface area (Å²) in [7, 11) is 0. The number of carbonyl (C=O) groups is 1. The SMILES string of the molecule is O=C(NCC1CCN(Cc2ccsc2)CC1)c1cncnc1. The molecule has 0 aliphatic carbocycles. The maximum absolute atomic E-state index is 12.0. The maximum atomic E-state index is 12.0. The number of rotatable bonds is 5. The van der Waals surface area contributed by atoms with Crippen LogP contribution in [0.1, 0.15) is 28.8 Å². The Kier molecular flexibility index (Phi) is 5.13. The molecule has 0 atom stereocenters. The first-order valence-corrected chi connectivity index (χ1v) is 8.52. The van der Waals surface area contributed by atoms with Crippen molar-refractivity contribution in [2.24, 2.45) is 5.92 Å². The number of hydrogen-bond acceptors (Lipinski definition) is 5. The summed E-state index contributed by atoms with van der Waals surface area (Å²) in [6.07, 6.45) is 6.79. The Morgan fingerprint density at radius 1 is 1.32 bits per heavy atom. The van der Waals surface area contributed by atoms with Crippen molar-refractivity contribution in [3.8, 4) is 0 Å². The third-order valence-corrected chi connectivity index (χ3v) is 4.80. The second kappa shape index (κ2) is 7.47. The van der Waals surface area contributed by atoms with E-state index in [0.29, 0.717) is 11.5 Å². The van der Waals surface area contributed by atoms with Gasteiger partial charge < -0.3 is 5.32 Å². The van der Waals surface area contributed by atoms with Crippen LogP contribution < -0.4 is 5.32 Å². The lowest BCUT2D eigenvalue weighted by Crippen LogP contribution is -2.38. The molecular weight excluding hydrogens is 296 g/mol. The van der Waals surface area contributed by atoms with Crippen LogP contribution in [0, 0.1) is 5.92 Å².